The zero-order valence-corrected chi connectivity index (χ0v) is 12.6. The van der Waals surface area contributed by atoms with Gasteiger partial charge in [0.1, 0.15) is 5.69 Å². The van der Waals surface area contributed by atoms with Gasteiger partial charge in [-0.05, 0) is 42.8 Å². The fourth-order valence-electron chi connectivity index (χ4n) is 2.41. The van der Waals surface area contributed by atoms with Crippen LogP contribution in [0.25, 0.3) is 5.69 Å². The molecule has 1 unspecified atom stereocenters. The first-order valence-corrected chi connectivity index (χ1v) is 7.17. The third-order valence-electron chi connectivity index (χ3n) is 3.67. The molecule has 1 atom stereocenters. The van der Waals surface area contributed by atoms with Gasteiger partial charge >= 0.3 is 0 Å². The van der Waals surface area contributed by atoms with Crippen molar-refractivity contribution in [3.8, 4) is 5.69 Å². The molecule has 1 N–H and O–H groups in total. The molecule has 2 aromatic heterocycles. The van der Waals surface area contributed by atoms with Crippen molar-refractivity contribution in [1.82, 2.24) is 19.7 Å². The summed E-state index contributed by atoms with van der Waals surface area (Å²) >= 11 is 0. The van der Waals surface area contributed by atoms with Crippen LogP contribution in [0, 0.1) is 0 Å². The van der Waals surface area contributed by atoms with E-state index in [0.717, 1.165) is 11.3 Å². The summed E-state index contributed by atoms with van der Waals surface area (Å²) in [6, 6.07) is 13.7. The van der Waals surface area contributed by atoms with Gasteiger partial charge in [0.25, 0.3) is 5.91 Å². The normalized spacial score (nSPS) is 12.1. The van der Waals surface area contributed by atoms with Crippen molar-refractivity contribution >= 4 is 5.91 Å². The molecule has 1 amide bonds. The monoisotopic (exact) mass is 294 g/mol. The Morgan fingerprint density at radius 1 is 1.18 bits per heavy atom. The Labute approximate surface area is 129 Å². The third kappa shape index (κ3) is 2.79. The molecule has 0 bridgehead atoms. The molecule has 0 saturated heterocycles. The van der Waals surface area contributed by atoms with E-state index in [1.165, 1.54) is 0 Å². The minimum Gasteiger partial charge on any atom is -0.344 e. The summed E-state index contributed by atoms with van der Waals surface area (Å²) in [6.45, 7) is 1.98. The van der Waals surface area contributed by atoms with E-state index in [-0.39, 0.29) is 11.9 Å². The number of carbonyl (C=O) groups is 1. The predicted octanol–water partition coefficient (Wildman–Crippen LogP) is 2.70. The highest BCUT2D eigenvalue weighted by atomic mass is 16.2. The Hall–Kier alpha value is -2.82. The molecule has 3 aromatic rings. The van der Waals surface area contributed by atoms with Crippen LogP contribution in [0.5, 0.6) is 0 Å². The molecule has 112 valence electrons. The molecule has 2 heterocycles. The molecule has 0 radical (unpaired) electrons. The summed E-state index contributed by atoms with van der Waals surface area (Å²) in [5, 5.41) is 7.02. The number of nitrogens with one attached hydrogen (secondary N) is 1. The minimum absolute atomic E-state index is 0.0853. The molecule has 0 aliphatic heterocycles. The van der Waals surface area contributed by atoms with Gasteiger partial charge in [-0.25, -0.2) is 0 Å². The molecule has 0 saturated carbocycles. The fraction of sp³-hybridized carbons (Fsp3) is 0.176. The van der Waals surface area contributed by atoms with E-state index < -0.39 is 0 Å². The van der Waals surface area contributed by atoms with Gasteiger partial charge in [0.15, 0.2) is 0 Å². The van der Waals surface area contributed by atoms with Gasteiger partial charge < -0.3 is 9.88 Å². The second-order valence-electron chi connectivity index (χ2n) is 5.22. The maximum absolute atomic E-state index is 12.2. The third-order valence-corrected chi connectivity index (χ3v) is 3.67. The quantitative estimate of drug-likeness (QED) is 0.804. The lowest BCUT2D eigenvalue weighted by molar-refractivity contribution is 0.0930. The molecule has 0 aliphatic carbocycles. The van der Waals surface area contributed by atoms with Crippen molar-refractivity contribution in [3.05, 3.63) is 72.3 Å². The summed E-state index contributed by atoms with van der Waals surface area (Å²) in [4.78, 5) is 12.2. The predicted molar refractivity (Wildman–Crippen MR) is 84.9 cm³/mol. The molecule has 0 aliphatic rings. The van der Waals surface area contributed by atoms with Crippen LogP contribution >= 0.6 is 0 Å². The Morgan fingerprint density at radius 3 is 2.64 bits per heavy atom. The van der Waals surface area contributed by atoms with Crippen LogP contribution in [0.3, 0.4) is 0 Å². The highest BCUT2D eigenvalue weighted by Crippen LogP contribution is 2.17. The summed E-state index contributed by atoms with van der Waals surface area (Å²) in [5.41, 5.74) is 2.68. The van der Waals surface area contributed by atoms with Crippen molar-refractivity contribution in [2.75, 3.05) is 0 Å². The zero-order chi connectivity index (χ0) is 15.5. The number of aromatic nitrogens is 3. The average Bonchev–Trinajstić information content (AvgIpc) is 3.18. The van der Waals surface area contributed by atoms with Gasteiger partial charge in [0.2, 0.25) is 0 Å². The summed E-state index contributed by atoms with van der Waals surface area (Å²) < 4.78 is 3.61. The second-order valence-corrected chi connectivity index (χ2v) is 5.22. The highest BCUT2D eigenvalue weighted by molar-refractivity contribution is 5.92. The first kappa shape index (κ1) is 14.1. The second kappa shape index (κ2) is 5.89. The Morgan fingerprint density at radius 2 is 1.95 bits per heavy atom. The highest BCUT2D eigenvalue weighted by Gasteiger charge is 2.14. The number of rotatable bonds is 4. The van der Waals surface area contributed by atoms with Crippen molar-refractivity contribution in [2.24, 2.45) is 7.05 Å². The largest absolute Gasteiger partial charge is 0.344 e. The van der Waals surface area contributed by atoms with E-state index in [9.17, 15) is 4.79 Å². The number of aryl methyl sites for hydroxylation is 1. The van der Waals surface area contributed by atoms with Gasteiger partial charge in [0.05, 0.1) is 6.04 Å². The number of hydrogen-bond acceptors (Lipinski definition) is 2. The Kier molecular flexibility index (Phi) is 3.78. The van der Waals surface area contributed by atoms with E-state index in [1.807, 2.05) is 54.2 Å². The van der Waals surface area contributed by atoms with E-state index >= 15 is 0 Å². The standard InChI is InChI=1S/C17H18N4O/c1-13(19-17(22)16-8-9-18-20(16)2)14-6-5-7-15(12-14)21-10-3-4-11-21/h3-13H,1-2H3,(H,19,22). The van der Waals surface area contributed by atoms with E-state index in [2.05, 4.69) is 16.5 Å². The lowest BCUT2D eigenvalue weighted by Crippen LogP contribution is -2.28. The van der Waals surface area contributed by atoms with Crippen LogP contribution in [-0.2, 0) is 7.05 Å². The van der Waals surface area contributed by atoms with Crippen LogP contribution in [-0.4, -0.2) is 20.3 Å². The molecular formula is C17H18N4O. The van der Waals surface area contributed by atoms with Gasteiger partial charge in [-0.2, -0.15) is 5.10 Å². The molecular weight excluding hydrogens is 276 g/mol. The molecule has 5 heteroatoms. The van der Waals surface area contributed by atoms with E-state index in [4.69, 9.17) is 0 Å². The van der Waals surface area contributed by atoms with Crippen LogP contribution < -0.4 is 5.32 Å². The van der Waals surface area contributed by atoms with Crippen LogP contribution in [0.1, 0.15) is 29.0 Å². The number of amides is 1. The SMILES string of the molecule is CC(NC(=O)c1ccnn1C)c1cccc(-n2cccc2)c1. The molecule has 0 fully saturated rings. The molecule has 0 spiro atoms. The number of nitrogens with zero attached hydrogens (tertiary/aromatic N) is 3. The number of carbonyl (C=O) groups excluding carboxylic acids is 1. The van der Waals surface area contributed by atoms with Crippen molar-refractivity contribution in [2.45, 2.75) is 13.0 Å². The van der Waals surface area contributed by atoms with Crippen molar-refractivity contribution in [1.29, 1.82) is 0 Å². The first-order chi connectivity index (χ1) is 10.6. The van der Waals surface area contributed by atoms with E-state index in [0.29, 0.717) is 5.69 Å². The minimum atomic E-state index is -0.126. The molecule has 5 nitrogen and oxygen atoms in total. The smallest absolute Gasteiger partial charge is 0.270 e. The fourth-order valence-corrected chi connectivity index (χ4v) is 2.41. The van der Waals surface area contributed by atoms with Gasteiger partial charge in [-0.1, -0.05) is 12.1 Å². The maximum atomic E-state index is 12.2. The molecule has 22 heavy (non-hydrogen) atoms. The van der Waals surface area contributed by atoms with Crippen molar-refractivity contribution in [3.63, 3.8) is 0 Å². The summed E-state index contributed by atoms with van der Waals surface area (Å²) in [6.07, 6.45) is 5.61. The van der Waals surface area contributed by atoms with Crippen LogP contribution in [0.15, 0.2) is 61.1 Å². The van der Waals surface area contributed by atoms with Gasteiger partial charge in [-0.15, -0.1) is 0 Å². The van der Waals surface area contributed by atoms with Gasteiger partial charge in [0, 0.05) is 31.3 Å². The topological polar surface area (TPSA) is 51.9 Å². The van der Waals surface area contributed by atoms with E-state index in [1.54, 1.807) is 24.0 Å². The Balaban J connectivity index is 1.78. The van der Waals surface area contributed by atoms with Crippen LogP contribution in [0.4, 0.5) is 0 Å². The van der Waals surface area contributed by atoms with Gasteiger partial charge in [-0.3, -0.25) is 9.48 Å². The summed E-state index contributed by atoms with van der Waals surface area (Å²) in [5.74, 6) is -0.126. The average molecular weight is 294 g/mol. The lowest BCUT2D eigenvalue weighted by Gasteiger charge is -2.15. The van der Waals surface area contributed by atoms with Crippen molar-refractivity contribution < 1.29 is 4.79 Å². The maximum Gasteiger partial charge on any atom is 0.270 e. The first-order valence-electron chi connectivity index (χ1n) is 7.17. The summed E-state index contributed by atoms with van der Waals surface area (Å²) in [7, 11) is 1.76. The molecule has 3 rings (SSSR count). The molecule has 1 aromatic carbocycles. The lowest BCUT2D eigenvalue weighted by atomic mass is 10.1. The number of benzene rings is 1. The zero-order valence-electron chi connectivity index (χ0n) is 12.6. The number of hydrogen-bond donors (Lipinski definition) is 1. The Bertz CT molecular complexity index is 774. The van der Waals surface area contributed by atoms with Crippen LogP contribution in [0.2, 0.25) is 0 Å².